The standard InChI is InChI=1S/C20H17Cl3N2O2S/c1-2-27-12-11-25-19-16(9-8-15(22)18(19)23)28-20(25)24-17(26)10-7-13-5-3-4-6-14(13)21/h3-10H,2,11-12H2,1H3/b10-7+,24-20?. The van der Waals surface area contributed by atoms with Crippen LogP contribution in [-0.2, 0) is 16.1 Å². The van der Waals surface area contributed by atoms with Crippen LogP contribution in [0, 0.1) is 0 Å². The molecule has 2 aromatic carbocycles. The molecule has 0 N–H and O–H groups in total. The summed E-state index contributed by atoms with van der Waals surface area (Å²) in [5.41, 5.74) is 1.50. The van der Waals surface area contributed by atoms with Gasteiger partial charge < -0.3 is 9.30 Å². The number of halogens is 3. The number of rotatable bonds is 6. The second kappa shape index (κ2) is 9.72. The monoisotopic (exact) mass is 454 g/mol. The molecule has 0 radical (unpaired) electrons. The zero-order chi connectivity index (χ0) is 20.1. The molecule has 0 unspecified atom stereocenters. The second-order valence-corrected chi connectivity index (χ2v) is 7.95. The van der Waals surface area contributed by atoms with E-state index in [1.54, 1.807) is 18.2 Å². The highest BCUT2D eigenvalue weighted by Crippen LogP contribution is 2.32. The maximum absolute atomic E-state index is 12.4. The van der Waals surface area contributed by atoms with Gasteiger partial charge in [-0.25, -0.2) is 0 Å². The van der Waals surface area contributed by atoms with E-state index in [0.29, 0.717) is 39.6 Å². The first-order valence-corrected chi connectivity index (χ1v) is 10.5. The van der Waals surface area contributed by atoms with Gasteiger partial charge in [-0.3, -0.25) is 4.79 Å². The zero-order valence-electron chi connectivity index (χ0n) is 15.0. The molecule has 0 aliphatic rings. The molecule has 4 nitrogen and oxygen atoms in total. The summed E-state index contributed by atoms with van der Waals surface area (Å²) < 4.78 is 8.22. The average Bonchev–Trinajstić information content (AvgIpc) is 3.02. The molecule has 3 rings (SSSR count). The second-order valence-electron chi connectivity index (χ2n) is 5.75. The first kappa shape index (κ1) is 21.1. The van der Waals surface area contributed by atoms with E-state index in [1.807, 2.05) is 35.8 Å². The van der Waals surface area contributed by atoms with Gasteiger partial charge in [0.15, 0.2) is 4.80 Å². The molecule has 146 valence electrons. The minimum atomic E-state index is -0.390. The smallest absolute Gasteiger partial charge is 0.272 e. The number of carbonyl (C=O) groups is 1. The molecule has 0 bridgehead atoms. The highest BCUT2D eigenvalue weighted by atomic mass is 35.5. The molecule has 0 fully saturated rings. The molecule has 3 aromatic rings. The number of benzene rings is 2. The summed E-state index contributed by atoms with van der Waals surface area (Å²) in [6.45, 7) is 3.51. The lowest BCUT2D eigenvalue weighted by atomic mass is 10.2. The van der Waals surface area contributed by atoms with Crippen LogP contribution in [0.5, 0.6) is 0 Å². The topological polar surface area (TPSA) is 43.6 Å². The summed E-state index contributed by atoms with van der Waals surface area (Å²) in [4.78, 5) is 17.2. The van der Waals surface area contributed by atoms with E-state index in [0.717, 1.165) is 15.8 Å². The molecule has 1 aromatic heterocycles. The van der Waals surface area contributed by atoms with Crippen LogP contribution in [0.25, 0.3) is 16.3 Å². The van der Waals surface area contributed by atoms with Crippen molar-refractivity contribution in [2.75, 3.05) is 13.2 Å². The van der Waals surface area contributed by atoms with Crippen molar-refractivity contribution in [3.05, 3.63) is 67.9 Å². The van der Waals surface area contributed by atoms with Crippen molar-refractivity contribution in [3.63, 3.8) is 0 Å². The summed E-state index contributed by atoms with van der Waals surface area (Å²) in [5, 5.41) is 1.46. The number of hydrogen-bond acceptors (Lipinski definition) is 3. The lowest BCUT2D eigenvalue weighted by Crippen LogP contribution is -2.19. The van der Waals surface area contributed by atoms with Gasteiger partial charge in [0.1, 0.15) is 0 Å². The highest BCUT2D eigenvalue weighted by molar-refractivity contribution is 7.16. The van der Waals surface area contributed by atoms with Gasteiger partial charge in [-0.15, -0.1) is 0 Å². The Balaban J connectivity index is 2.00. The van der Waals surface area contributed by atoms with Crippen LogP contribution >= 0.6 is 46.1 Å². The van der Waals surface area contributed by atoms with E-state index in [-0.39, 0.29) is 5.91 Å². The molecule has 1 amide bonds. The van der Waals surface area contributed by atoms with Crippen molar-refractivity contribution in [2.24, 2.45) is 4.99 Å². The Morgan fingerprint density at radius 2 is 1.96 bits per heavy atom. The summed E-state index contributed by atoms with van der Waals surface area (Å²) in [6, 6.07) is 10.9. The minimum Gasteiger partial charge on any atom is -0.380 e. The van der Waals surface area contributed by atoms with Crippen molar-refractivity contribution >= 4 is 68.3 Å². The fourth-order valence-corrected chi connectivity index (χ4v) is 4.34. The van der Waals surface area contributed by atoms with E-state index in [4.69, 9.17) is 39.5 Å². The molecule has 28 heavy (non-hydrogen) atoms. The third-order valence-electron chi connectivity index (χ3n) is 3.91. The molecule has 0 saturated carbocycles. The molecular weight excluding hydrogens is 439 g/mol. The summed E-state index contributed by atoms with van der Waals surface area (Å²) >= 11 is 20.1. The Kier molecular flexibility index (Phi) is 7.32. The number of nitrogens with zero attached hydrogens (tertiary/aromatic N) is 2. The van der Waals surface area contributed by atoms with Gasteiger partial charge in [-0.1, -0.05) is 64.3 Å². The predicted octanol–water partition coefficient (Wildman–Crippen LogP) is 5.84. The van der Waals surface area contributed by atoms with Crippen molar-refractivity contribution in [1.29, 1.82) is 0 Å². The molecular formula is C20H17Cl3N2O2S. The van der Waals surface area contributed by atoms with Crippen molar-refractivity contribution in [3.8, 4) is 0 Å². The van der Waals surface area contributed by atoms with E-state index in [1.165, 1.54) is 17.4 Å². The third-order valence-corrected chi connectivity index (χ3v) is 6.10. The van der Waals surface area contributed by atoms with Crippen LogP contribution < -0.4 is 4.80 Å². The maximum atomic E-state index is 12.4. The first-order valence-electron chi connectivity index (χ1n) is 8.57. The number of ether oxygens (including phenoxy) is 1. The van der Waals surface area contributed by atoms with Crippen LogP contribution in [0.2, 0.25) is 15.1 Å². The number of amides is 1. The Morgan fingerprint density at radius 3 is 2.71 bits per heavy atom. The summed E-state index contributed by atoms with van der Waals surface area (Å²) in [7, 11) is 0. The third kappa shape index (κ3) is 4.85. The van der Waals surface area contributed by atoms with Crippen molar-refractivity contribution < 1.29 is 9.53 Å². The Bertz CT molecular complexity index is 1100. The molecule has 8 heteroatoms. The number of hydrogen-bond donors (Lipinski definition) is 0. The lowest BCUT2D eigenvalue weighted by molar-refractivity contribution is -0.113. The largest absolute Gasteiger partial charge is 0.380 e. The van der Waals surface area contributed by atoms with Gasteiger partial charge in [0, 0.05) is 24.3 Å². The van der Waals surface area contributed by atoms with Gasteiger partial charge in [0.25, 0.3) is 5.91 Å². The molecule has 0 aliphatic carbocycles. The zero-order valence-corrected chi connectivity index (χ0v) is 18.1. The first-order chi connectivity index (χ1) is 13.5. The summed E-state index contributed by atoms with van der Waals surface area (Å²) in [5.74, 6) is -0.390. The summed E-state index contributed by atoms with van der Waals surface area (Å²) in [6.07, 6.45) is 3.04. The molecule has 0 atom stereocenters. The number of aromatic nitrogens is 1. The highest BCUT2D eigenvalue weighted by Gasteiger charge is 2.13. The Labute approximate surface area is 181 Å². The van der Waals surface area contributed by atoms with E-state index in [9.17, 15) is 4.79 Å². The Hall–Kier alpha value is -1.63. The maximum Gasteiger partial charge on any atom is 0.272 e. The van der Waals surface area contributed by atoms with Gasteiger partial charge in [0.05, 0.1) is 26.9 Å². The molecule has 0 spiro atoms. The van der Waals surface area contributed by atoms with Crippen LogP contribution in [0.1, 0.15) is 12.5 Å². The van der Waals surface area contributed by atoms with E-state index < -0.39 is 0 Å². The van der Waals surface area contributed by atoms with Crippen molar-refractivity contribution in [2.45, 2.75) is 13.5 Å². The van der Waals surface area contributed by atoms with Gasteiger partial charge in [-0.2, -0.15) is 4.99 Å². The fourth-order valence-electron chi connectivity index (χ4n) is 2.60. The predicted molar refractivity (Wildman–Crippen MR) is 117 cm³/mol. The molecule has 0 saturated heterocycles. The Morgan fingerprint density at radius 1 is 1.18 bits per heavy atom. The molecule has 0 aliphatic heterocycles. The van der Waals surface area contributed by atoms with Gasteiger partial charge in [0.2, 0.25) is 0 Å². The van der Waals surface area contributed by atoms with E-state index in [2.05, 4.69) is 4.99 Å². The van der Waals surface area contributed by atoms with Crippen LogP contribution in [0.3, 0.4) is 0 Å². The van der Waals surface area contributed by atoms with Crippen LogP contribution in [0.4, 0.5) is 0 Å². The van der Waals surface area contributed by atoms with Crippen LogP contribution in [-0.4, -0.2) is 23.7 Å². The fraction of sp³-hybridized carbons (Fsp3) is 0.200. The average molecular weight is 456 g/mol. The van der Waals surface area contributed by atoms with Crippen LogP contribution in [0.15, 0.2) is 47.5 Å². The van der Waals surface area contributed by atoms with Crippen molar-refractivity contribution in [1.82, 2.24) is 4.57 Å². The normalized spacial score (nSPS) is 12.4. The number of thiazole rings is 1. The lowest BCUT2D eigenvalue weighted by Gasteiger charge is -2.07. The SMILES string of the molecule is CCOCCn1c(=NC(=O)/C=C/c2ccccc2Cl)sc2ccc(Cl)c(Cl)c21. The van der Waals surface area contributed by atoms with E-state index >= 15 is 0 Å². The minimum absolute atomic E-state index is 0.390. The quantitative estimate of drug-likeness (QED) is 0.346. The number of carbonyl (C=O) groups excluding carboxylic acids is 1. The number of fused-ring (bicyclic) bond motifs is 1. The van der Waals surface area contributed by atoms with Gasteiger partial charge in [-0.05, 0) is 36.8 Å². The molecule has 1 heterocycles. The van der Waals surface area contributed by atoms with Gasteiger partial charge >= 0.3 is 0 Å².